The first kappa shape index (κ1) is 15.4. The van der Waals surface area contributed by atoms with E-state index in [1.54, 1.807) is 0 Å². The number of hydrogen-bond donors (Lipinski definition) is 0. The summed E-state index contributed by atoms with van der Waals surface area (Å²) in [5.74, 6) is 0.438. The van der Waals surface area contributed by atoms with Gasteiger partial charge in [-0.25, -0.2) is 0 Å². The average molecular weight is 259 g/mol. The Morgan fingerprint density at radius 1 is 1.44 bits per heavy atom. The van der Waals surface area contributed by atoms with Gasteiger partial charge < -0.3 is 14.2 Å². The minimum absolute atomic E-state index is 0.225. The second kappa shape index (κ2) is 8.45. The Kier molecular flexibility index (Phi) is 7.23. The van der Waals surface area contributed by atoms with Gasteiger partial charge in [-0.15, -0.1) is 0 Å². The Hall–Kier alpha value is -0.650. The van der Waals surface area contributed by atoms with Gasteiger partial charge in [0.25, 0.3) is 0 Å². The molecule has 0 amide bonds. The summed E-state index contributed by atoms with van der Waals surface area (Å²) in [6.07, 6.45) is 1.07. The lowest BCUT2D eigenvalue weighted by Gasteiger charge is -2.33. The minimum Gasteiger partial charge on any atom is -0.468 e. The lowest BCUT2D eigenvalue weighted by molar-refractivity contribution is -0.153. The minimum atomic E-state index is -0.280. The molecule has 0 aromatic heterocycles. The molecule has 1 aliphatic rings. The van der Waals surface area contributed by atoms with Gasteiger partial charge in [0.1, 0.15) is 6.04 Å². The number of esters is 1. The maximum absolute atomic E-state index is 11.6. The van der Waals surface area contributed by atoms with E-state index in [4.69, 9.17) is 14.2 Å². The van der Waals surface area contributed by atoms with Crippen LogP contribution in [0.2, 0.25) is 0 Å². The summed E-state index contributed by atoms with van der Waals surface area (Å²) >= 11 is 0. The van der Waals surface area contributed by atoms with Crippen LogP contribution >= 0.6 is 0 Å². The summed E-state index contributed by atoms with van der Waals surface area (Å²) < 4.78 is 15.7. The van der Waals surface area contributed by atoms with Gasteiger partial charge in [-0.05, 0) is 12.3 Å². The zero-order chi connectivity index (χ0) is 13.4. The zero-order valence-corrected chi connectivity index (χ0v) is 11.7. The predicted octanol–water partition coefficient (Wildman–Crippen LogP) is 0.923. The molecule has 0 bridgehead atoms. The van der Waals surface area contributed by atoms with Crippen molar-refractivity contribution < 1.29 is 19.0 Å². The number of ether oxygens (including phenoxy) is 3. The van der Waals surface area contributed by atoms with E-state index in [0.717, 1.165) is 26.1 Å². The largest absolute Gasteiger partial charge is 0.468 e. The van der Waals surface area contributed by atoms with Crippen LogP contribution in [0.3, 0.4) is 0 Å². The average Bonchev–Trinajstić information content (AvgIpc) is 2.37. The summed E-state index contributed by atoms with van der Waals surface area (Å²) in [5.41, 5.74) is 0. The highest BCUT2D eigenvalue weighted by atomic mass is 16.5. The van der Waals surface area contributed by atoms with E-state index in [2.05, 4.69) is 18.7 Å². The second-order valence-corrected chi connectivity index (χ2v) is 4.94. The fourth-order valence-electron chi connectivity index (χ4n) is 1.86. The molecule has 5 nitrogen and oxygen atoms in total. The number of hydrogen-bond acceptors (Lipinski definition) is 5. The third-order valence-electron chi connectivity index (χ3n) is 3.07. The first-order valence-corrected chi connectivity index (χ1v) is 6.62. The van der Waals surface area contributed by atoms with Gasteiger partial charge >= 0.3 is 5.97 Å². The standard InChI is InChI=1S/C13H25NO4/c1-11(2)4-7-17-8-5-14-6-9-18-10-12(14)13(15)16-3/h11-12H,4-10H2,1-3H3. The van der Waals surface area contributed by atoms with Crippen molar-refractivity contribution in [1.82, 2.24) is 4.90 Å². The van der Waals surface area contributed by atoms with Crippen LogP contribution in [0.5, 0.6) is 0 Å². The van der Waals surface area contributed by atoms with Gasteiger partial charge in [0.15, 0.2) is 0 Å². The molecule has 1 heterocycles. The normalized spacial score (nSPS) is 21.2. The maximum Gasteiger partial charge on any atom is 0.325 e. The SMILES string of the molecule is COC(=O)C1COCCN1CCOCCC(C)C. The fraction of sp³-hybridized carbons (Fsp3) is 0.923. The zero-order valence-electron chi connectivity index (χ0n) is 11.7. The Labute approximate surface area is 109 Å². The monoisotopic (exact) mass is 259 g/mol. The number of rotatable bonds is 7. The lowest BCUT2D eigenvalue weighted by Crippen LogP contribution is -2.51. The third kappa shape index (κ3) is 5.33. The summed E-state index contributed by atoms with van der Waals surface area (Å²) in [5, 5.41) is 0. The van der Waals surface area contributed by atoms with Crippen LogP contribution in [0.15, 0.2) is 0 Å². The van der Waals surface area contributed by atoms with Crippen LogP contribution in [0.25, 0.3) is 0 Å². The molecule has 0 N–H and O–H groups in total. The van der Waals surface area contributed by atoms with Gasteiger partial charge in [0.2, 0.25) is 0 Å². The van der Waals surface area contributed by atoms with Gasteiger partial charge in [0.05, 0.1) is 26.9 Å². The molecule has 0 aromatic carbocycles. The maximum atomic E-state index is 11.6. The summed E-state index contributed by atoms with van der Waals surface area (Å²) in [4.78, 5) is 13.6. The van der Waals surface area contributed by atoms with Crippen molar-refractivity contribution in [2.24, 2.45) is 5.92 Å². The first-order chi connectivity index (χ1) is 8.65. The van der Waals surface area contributed by atoms with E-state index in [1.165, 1.54) is 7.11 Å². The molecular formula is C13H25NO4. The molecule has 106 valence electrons. The molecule has 0 aromatic rings. The summed E-state index contributed by atoms with van der Waals surface area (Å²) in [7, 11) is 1.41. The van der Waals surface area contributed by atoms with Crippen LogP contribution in [0.1, 0.15) is 20.3 Å². The third-order valence-corrected chi connectivity index (χ3v) is 3.07. The van der Waals surface area contributed by atoms with Gasteiger partial charge in [0, 0.05) is 19.7 Å². The van der Waals surface area contributed by atoms with Gasteiger partial charge in [-0.2, -0.15) is 0 Å². The molecule has 1 aliphatic heterocycles. The molecule has 1 unspecified atom stereocenters. The molecule has 1 atom stereocenters. The van der Waals surface area contributed by atoms with E-state index >= 15 is 0 Å². The highest BCUT2D eigenvalue weighted by Crippen LogP contribution is 2.08. The fourth-order valence-corrected chi connectivity index (χ4v) is 1.86. The Balaban J connectivity index is 2.23. The highest BCUT2D eigenvalue weighted by Gasteiger charge is 2.29. The smallest absolute Gasteiger partial charge is 0.325 e. The van der Waals surface area contributed by atoms with E-state index in [9.17, 15) is 4.79 Å². The molecule has 0 radical (unpaired) electrons. The van der Waals surface area contributed by atoms with E-state index in [0.29, 0.717) is 25.7 Å². The van der Waals surface area contributed by atoms with E-state index in [-0.39, 0.29) is 12.0 Å². The van der Waals surface area contributed by atoms with Crippen LogP contribution in [0.4, 0.5) is 0 Å². The topological polar surface area (TPSA) is 48.0 Å². The van der Waals surface area contributed by atoms with E-state index in [1.807, 2.05) is 0 Å². The van der Waals surface area contributed by atoms with Gasteiger partial charge in [-0.1, -0.05) is 13.8 Å². The lowest BCUT2D eigenvalue weighted by atomic mass is 10.1. The van der Waals surface area contributed by atoms with Gasteiger partial charge in [-0.3, -0.25) is 9.69 Å². The molecule has 1 rings (SSSR count). The number of carbonyl (C=O) groups is 1. The summed E-state index contributed by atoms with van der Waals surface area (Å²) in [6, 6.07) is -0.280. The number of methoxy groups -OCH3 is 1. The second-order valence-electron chi connectivity index (χ2n) is 4.94. The molecule has 0 saturated carbocycles. The number of morpholine rings is 1. The van der Waals surface area contributed by atoms with Crippen molar-refractivity contribution in [3.8, 4) is 0 Å². The number of carbonyl (C=O) groups excluding carboxylic acids is 1. The van der Waals surface area contributed by atoms with Crippen LogP contribution in [-0.2, 0) is 19.0 Å². The molecular weight excluding hydrogens is 234 g/mol. The van der Waals surface area contributed by atoms with Crippen molar-refractivity contribution in [3.63, 3.8) is 0 Å². The quantitative estimate of drug-likeness (QED) is 0.503. The first-order valence-electron chi connectivity index (χ1n) is 6.62. The summed E-state index contributed by atoms with van der Waals surface area (Å²) in [6.45, 7) is 8.38. The van der Waals surface area contributed by atoms with Crippen molar-refractivity contribution in [1.29, 1.82) is 0 Å². The van der Waals surface area contributed by atoms with Crippen molar-refractivity contribution >= 4 is 5.97 Å². The molecule has 0 spiro atoms. The Bertz CT molecular complexity index is 245. The van der Waals surface area contributed by atoms with E-state index < -0.39 is 0 Å². The Morgan fingerprint density at radius 2 is 2.22 bits per heavy atom. The van der Waals surface area contributed by atoms with Crippen molar-refractivity contribution in [3.05, 3.63) is 0 Å². The van der Waals surface area contributed by atoms with Crippen molar-refractivity contribution in [2.75, 3.05) is 46.6 Å². The molecule has 18 heavy (non-hydrogen) atoms. The van der Waals surface area contributed by atoms with Crippen LogP contribution in [-0.4, -0.2) is 63.5 Å². The number of nitrogens with zero attached hydrogens (tertiary/aromatic N) is 1. The predicted molar refractivity (Wildman–Crippen MR) is 68.5 cm³/mol. The highest BCUT2D eigenvalue weighted by molar-refractivity contribution is 5.75. The molecule has 1 fully saturated rings. The van der Waals surface area contributed by atoms with Crippen LogP contribution in [0, 0.1) is 5.92 Å². The molecule has 0 aliphatic carbocycles. The Morgan fingerprint density at radius 3 is 2.89 bits per heavy atom. The molecule has 5 heteroatoms. The molecule has 1 saturated heterocycles. The van der Waals surface area contributed by atoms with Crippen molar-refractivity contribution in [2.45, 2.75) is 26.3 Å². The van der Waals surface area contributed by atoms with Crippen LogP contribution < -0.4 is 0 Å².